The summed E-state index contributed by atoms with van der Waals surface area (Å²) in [4.78, 5) is 31.1. The van der Waals surface area contributed by atoms with Gasteiger partial charge in [0.2, 0.25) is 27.3 Å². The fraction of sp³-hybridized carbons (Fsp3) is 0.348. The number of nitrogens with zero attached hydrogens (tertiary/aromatic N) is 4. The Morgan fingerprint density at radius 3 is 2.76 bits per heavy atom. The number of rotatable bonds is 6. The molecule has 178 valence electrons. The van der Waals surface area contributed by atoms with E-state index in [-0.39, 0.29) is 40.8 Å². The molecule has 1 aromatic heterocycles. The number of aromatic nitrogens is 2. The van der Waals surface area contributed by atoms with E-state index in [9.17, 15) is 23.1 Å². The predicted molar refractivity (Wildman–Crippen MR) is 126 cm³/mol. The van der Waals surface area contributed by atoms with Gasteiger partial charge in [-0.05, 0) is 43.0 Å². The number of sulfone groups is 1. The number of carbonyl (C=O) groups excluding carboxylic acids is 2. The zero-order valence-corrected chi connectivity index (χ0v) is 19.7. The van der Waals surface area contributed by atoms with Crippen LogP contribution >= 0.6 is 0 Å². The number of fused-ring (bicyclic) bond motifs is 1. The molecule has 1 aliphatic carbocycles. The molecule has 0 bridgehead atoms. The van der Waals surface area contributed by atoms with Crippen LogP contribution in [0.2, 0.25) is 0 Å². The molecule has 2 aliphatic rings. The highest BCUT2D eigenvalue weighted by Gasteiger charge is 2.41. The molecule has 1 aromatic carbocycles. The topological polar surface area (TPSA) is 125 Å². The third-order valence-electron chi connectivity index (χ3n) is 5.68. The van der Waals surface area contributed by atoms with Crippen LogP contribution in [0.4, 0.5) is 11.5 Å². The Kier molecular flexibility index (Phi) is 6.20. The molecule has 2 aromatic rings. The maximum atomic E-state index is 12.9. The van der Waals surface area contributed by atoms with Crippen molar-refractivity contribution in [3.63, 3.8) is 0 Å². The van der Waals surface area contributed by atoms with Gasteiger partial charge in [-0.25, -0.2) is 8.42 Å². The number of aliphatic hydroxyl groups is 1. The standard InChI is InChI=1S/C23H25N5O5S/c1-4-18(29)24-17-9-5-7-15(13-17)8-6-12-28-20-19(21(30)27(3)23(28)31)26(2)22(25-20)34(32,33)14-16-10-11-16/h4-5,7,9,13,16,23,31H,1,10-12,14H2,2-3H3,(H,24,29). The molecule has 1 atom stereocenters. The van der Waals surface area contributed by atoms with Crippen molar-refractivity contribution < 1.29 is 23.1 Å². The average Bonchev–Trinajstić information content (AvgIpc) is 3.53. The first-order valence-corrected chi connectivity index (χ1v) is 12.3. The van der Waals surface area contributed by atoms with Gasteiger partial charge in [-0.3, -0.25) is 14.5 Å². The van der Waals surface area contributed by atoms with E-state index in [1.807, 2.05) is 0 Å². The van der Waals surface area contributed by atoms with Gasteiger partial charge in [0, 0.05) is 25.3 Å². The lowest BCUT2D eigenvalue weighted by Gasteiger charge is -2.37. The van der Waals surface area contributed by atoms with Crippen LogP contribution in [-0.2, 0) is 21.7 Å². The molecule has 0 spiro atoms. The van der Waals surface area contributed by atoms with E-state index in [2.05, 4.69) is 28.7 Å². The second-order valence-corrected chi connectivity index (χ2v) is 10.2. The first-order valence-electron chi connectivity index (χ1n) is 10.7. The molecular weight excluding hydrogens is 458 g/mol. The van der Waals surface area contributed by atoms with Crippen LogP contribution in [0.3, 0.4) is 0 Å². The molecule has 2 N–H and O–H groups in total. The fourth-order valence-corrected chi connectivity index (χ4v) is 5.53. The molecule has 10 nitrogen and oxygen atoms in total. The summed E-state index contributed by atoms with van der Waals surface area (Å²) in [7, 11) is -0.777. The zero-order valence-electron chi connectivity index (χ0n) is 18.9. The average molecular weight is 484 g/mol. The summed E-state index contributed by atoms with van der Waals surface area (Å²) in [6.45, 7) is 3.40. The molecule has 1 saturated carbocycles. The molecule has 2 amide bonds. The van der Waals surface area contributed by atoms with Gasteiger partial charge in [-0.2, -0.15) is 4.98 Å². The monoisotopic (exact) mass is 483 g/mol. The quantitative estimate of drug-likeness (QED) is 0.463. The molecule has 1 aliphatic heterocycles. The van der Waals surface area contributed by atoms with Crippen molar-refractivity contribution in [2.24, 2.45) is 13.0 Å². The Morgan fingerprint density at radius 1 is 1.35 bits per heavy atom. The Hall–Kier alpha value is -3.62. The Morgan fingerprint density at radius 2 is 2.09 bits per heavy atom. The lowest BCUT2D eigenvalue weighted by atomic mass is 10.2. The molecule has 1 unspecified atom stereocenters. The minimum absolute atomic E-state index is 0.0120. The summed E-state index contributed by atoms with van der Waals surface area (Å²) >= 11 is 0. The van der Waals surface area contributed by atoms with Crippen LogP contribution in [-0.4, -0.2) is 65.5 Å². The number of hydrogen-bond donors (Lipinski definition) is 2. The normalized spacial score (nSPS) is 17.6. The van der Waals surface area contributed by atoms with E-state index in [4.69, 9.17) is 0 Å². The van der Waals surface area contributed by atoms with Crippen molar-refractivity contribution in [3.8, 4) is 11.8 Å². The highest BCUT2D eigenvalue weighted by molar-refractivity contribution is 7.91. The van der Waals surface area contributed by atoms with Gasteiger partial charge in [0.25, 0.3) is 5.91 Å². The molecule has 2 heterocycles. The SMILES string of the molecule is C=CC(=O)Nc1cccc(C#CCN2c3nc(S(=O)(=O)CC4CC4)n(C)c3C(=O)N(C)C2O)c1. The van der Waals surface area contributed by atoms with Crippen LogP contribution in [0.25, 0.3) is 0 Å². The van der Waals surface area contributed by atoms with E-state index in [0.717, 1.165) is 23.8 Å². The maximum absolute atomic E-state index is 12.9. The summed E-state index contributed by atoms with van der Waals surface area (Å²) < 4.78 is 27.0. The number of amides is 2. The molecule has 11 heteroatoms. The first-order chi connectivity index (χ1) is 16.1. The van der Waals surface area contributed by atoms with Gasteiger partial charge in [-0.1, -0.05) is 24.5 Å². The first kappa shape index (κ1) is 23.5. The number of nitrogens with one attached hydrogen (secondary N) is 1. The van der Waals surface area contributed by atoms with Gasteiger partial charge in [0.15, 0.2) is 11.5 Å². The van der Waals surface area contributed by atoms with Crippen LogP contribution in [0, 0.1) is 17.8 Å². The van der Waals surface area contributed by atoms with Crippen molar-refractivity contribution in [2.75, 3.05) is 29.6 Å². The van der Waals surface area contributed by atoms with Crippen LogP contribution in [0.1, 0.15) is 28.9 Å². The van der Waals surface area contributed by atoms with Crippen molar-refractivity contribution in [1.82, 2.24) is 14.5 Å². The second-order valence-electron chi connectivity index (χ2n) is 8.32. The van der Waals surface area contributed by atoms with Gasteiger partial charge < -0.3 is 19.9 Å². The second kappa shape index (κ2) is 8.96. The number of hydrogen-bond acceptors (Lipinski definition) is 7. The molecule has 0 radical (unpaired) electrons. The molecule has 1 fully saturated rings. The van der Waals surface area contributed by atoms with Crippen molar-refractivity contribution >= 4 is 33.2 Å². The highest BCUT2D eigenvalue weighted by atomic mass is 32.2. The Labute approximate surface area is 197 Å². The van der Waals surface area contributed by atoms with Gasteiger partial charge >= 0.3 is 0 Å². The molecular formula is C23H25N5O5S. The number of anilines is 2. The molecule has 34 heavy (non-hydrogen) atoms. The molecule has 4 rings (SSSR count). The Balaban J connectivity index is 1.63. The lowest BCUT2D eigenvalue weighted by Crippen LogP contribution is -2.54. The van der Waals surface area contributed by atoms with Gasteiger partial charge in [0.05, 0.1) is 12.3 Å². The van der Waals surface area contributed by atoms with E-state index in [0.29, 0.717) is 11.3 Å². The van der Waals surface area contributed by atoms with Crippen molar-refractivity contribution in [1.29, 1.82) is 0 Å². The summed E-state index contributed by atoms with van der Waals surface area (Å²) in [5.41, 5.74) is 1.25. The maximum Gasteiger partial charge on any atom is 0.277 e. The summed E-state index contributed by atoms with van der Waals surface area (Å²) in [5, 5.41) is 13.2. The van der Waals surface area contributed by atoms with E-state index < -0.39 is 22.1 Å². The summed E-state index contributed by atoms with van der Waals surface area (Å²) in [6, 6.07) is 6.89. The fourth-order valence-electron chi connectivity index (χ4n) is 3.69. The number of benzene rings is 1. The number of imidazole rings is 1. The Bertz CT molecular complexity index is 1330. The summed E-state index contributed by atoms with van der Waals surface area (Å²) in [5.74, 6) is 5.20. The van der Waals surface area contributed by atoms with E-state index in [1.165, 1.54) is 23.6 Å². The third kappa shape index (κ3) is 4.55. The highest BCUT2D eigenvalue weighted by Crippen LogP contribution is 2.35. The van der Waals surface area contributed by atoms with Crippen molar-refractivity contribution in [2.45, 2.75) is 24.3 Å². The van der Waals surface area contributed by atoms with Crippen LogP contribution in [0.5, 0.6) is 0 Å². The minimum atomic E-state index is -3.69. The number of aliphatic hydroxyl groups excluding tert-OH is 1. The van der Waals surface area contributed by atoms with Crippen LogP contribution < -0.4 is 10.2 Å². The number of carbonyl (C=O) groups is 2. The smallest absolute Gasteiger partial charge is 0.277 e. The summed E-state index contributed by atoms with van der Waals surface area (Å²) in [6.07, 6.45) is 1.53. The third-order valence-corrected chi connectivity index (χ3v) is 7.52. The van der Waals surface area contributed by atoms with Crippen molar-refractivity contribution in [3.05, 3.63) is 48.2 Å². The molecule has 0 saturated heterocycles. The zero-order chi connectivity index (χ0) is 24.6. The van der Waals surface area contributed by atoms with E-state index >= 15 is 0 Å². The largest absolute Gasteiger partial charge is 0.356 e. The minimum Gasteiger partial charge on any atom is -0.356 e. The lowest BCUT2D eigenvalue weighted by molar-refractivity contribution is -0.111. The van der Waals surface area contributed by atoms with E-state index in [1.54, 1.807) is 24.3 Å². The van der Waals surface area contributed by atoms with Gasteiger partial charge in [-0.15, -0.1) is 0 Å². The van der Waals surface area contributed by atoms with Crippen LogP contribution in [0.15, 0.2) is 42.1 Å². The predicted octanol–water partition coefficient (Wildman–Crippen LogP) is 0.948. The van der Waals surface area contributed by atoms with Gasteiger partial charge in [0.1, 0.15) is 0 Å².